The summed E-state index contributed by atoms with van der Waals surface area (Å²) in [5.74, 6) is 0. The van der Waals surface area contributed by atoms with Crippen molar-refractivity contribution in [1.82, 2.24) is 0 Å². The van der Waals surface area contributed by atoms with Crippen molar-refractivity contribution in [3.63, 3.8) is 0 Å². The summed E-state index contributed by atoms with van der Waals surface area (Å²) in [6.07, 6.45) is 0. The highest BCUT2D eigenvalue weighted by atomic mass is 35.5. The molecular formula is C6H8Cl6O. The Kier molecular flexibility index (Phi) is 6.44. The van der Waals surface area contributed by atoms with Gasteiger partial charge in [0.1, 0.15) is 0 Å². The lowest BCUT2D eigenvalue weighted by Gasteiger charge is -2.37. The van der Waals surface area contributed by atoms with Crippen molar-refractivity contribution >= 4 is 69.6 Å². The van der Waals surface area contributed by atoms with Gasteiger partial charge in [0.15, 0.2) is 0 Å². The minimum atomic E-state index is -0.437. The monoisotopic (exact) mass is 306 g/mol. The molecule has 0 saturated heterocycles. The summed E-state index contributed by atoms with van der Waals surface area (Å²) < 4.78 is 0. The van der Waals surface area contributed by atoms with E-state index in [2.05, 4.69) is 0 Å². The van der Waals surface area contributed by atoms with Gasteiger partial charge < -0.3 is 5.48 Å². The van der Waals surface area contributed by atoms with Crippen molar-refractivity contribution in [3.8, 4) is 0 Å². The maximum absolute atomic E-state index is 5.88. The summed E-state index contributed by atoms with van der Waals surface area (Å²) in [6, 6.07) is 0. The van der Waals surface area contributed by atoms with E-state index < -0.39 is 32.3 Å². The molecule has 1 saturated carbocycles. The summed E-state index contributed by atoms with van der Waals surface area (Å²) in [5.41, 5.74) is 0. The van der Waals surface area contributed by atoms with Crippen molar-refractivity contribution in [1.29, 1.82) is 0 Å². The Hall–Kier alpha value is 1.70. The quantitative estimate of drug-likeness (QED) is 0.616. The Bertz CT molecular complexity index is 109. The van der Waals surface area contributed by atoms with Crippen molar-refractivity contribution in [2.75, 3.05) is 0 Å². The minimum absolute atomic E-state index is 0. The van der Waals surface area contributed by atoms with E-state index in [1.165, 1.54) is 0 Å². The highest BCUT2D eigenvalue weighted by molar-refractivity contribution is 6.45. The molecule has 0 aliphatic heterocycles. The van der Waals surface area contributed by atoms with Crippen LogP contribution < -0.4 is 0 Å². The molecular weight excluding hydrogens is 301 g/mol. The van der Waals surface area contributed by atoms with E-state index in [1.807, 2.05) is 0 Å². The standard InChI is InChI=1S/C6H6Cl6.H2O/c7-1-2(8)4(10)6(12)5(11)3(1)9;/h1-6H;1H2/t1-,2-,3-,4+,5+,6+;. The molecule has 0 spiro atoms. The zero-order valence-corrected chi connectivity index (χ0v) is 10.8. The van der Waals surface area contributed by atoms with Crippen LogP contribution in [0.4, 0.5) is 0 Å². The first-order valence-corrected chi connectivity index (χ1v) is 5.93. The first-order valence-electron chi connectivity index (χ1n) is 3.31. The van der Waals surface area contributed by atoms with E-state index in [4.69, 9.17) is 69.6 Å². The van der Waals surface area contributed by atoms with Gasteiger partial charge in [-0.3, -0.25) is 0 Å². The smallest absolute Gasteiger partial charge is 0.0693 e. The molecule has 0 aromatic carbocycles. The van der Waals surface area contributed by atoms with Crippen LogP contribution in [0.1, 0.15) is 0 Å². The first-order chi connectivity index (χ1) is 5.46. The summed E-state index contributed by atoms with van der Waals surface area (Å²) in [6.45, 7) is 0. The molecule has 0 unspecified atom stereocenters. The van der Waals surface area contributed by atoms with E-state index in [9.17, 15) is 0 Å². The largest absolute Gasteiger partial charge is 0.412 e. The third-order valence-electron chi connectivity index (χ3n) is 1.83. The predicted octanol–water partition coefficient (Wildman–Crippen LogP) is 2.82. The SMILES string of the molecule is Cl[C@H]1[C@H](Cl)[C@@H](Cl)[C@@H](Cl)[C@H](Cl)[C@H]1Cl.O. The molecule has 7 heteroatoms. The molecule has 0 aromatic rings. The molecule has 1 nitrogen and oxygen atoms in total. The average Bonchev–Trinajstić information content (AvgIpc) is 2.08. The van der Waals surface area contributed by atoms with Gasteiger partial charge in [0, 0.05) is 0 Å². The summed E-state index contributed by atoms with van der Waals surface area (Å²) in [4.78, 5) is 0. The van der Waals surface area contributed by atoms with Crippen molar-refractivity contribution in [2.24, 2.45) is 0 Å². The van der Waals surface area contributed by atoms with E-state index in [-0.39, 0.29) is 5.48 Å². The van der Waals surface area contributed by atoms with Crippen LogP contribution >= 0.6 is 69.6 Å². The van der Waals surface area contributed by atoms with Gasteiger partial charge in [0.25, 0.3) is 0 Å². The fourth-order valence-corrected chi connectivity index (χ4v) is 3.38. The molecule has 13 heavy (non-hydrogen) atoms. The van der Waals surface area contributed by atoms with Crippen LogP contribution in [0, 0.1) is 0 Å². The maximum atomic E-state index is 5.88. The first kappa shape index (κ1) is 14.7. The molecule has 0 heterocycles. The highest BCUT2D eigenvalue weighted by Crippen LogP contribution is 2.39. The minimum Gasteiger partial charge on any atom is -0.412 e. The fourth-order valence-electron chi connectivity index (χ4n) is 1.05. The summed E-state index contributed by atoms with van der Waals surface area (Å²) >= 11 is 35.3. The van der Waals surface area contributed by atoms with Gasteiger partial charge in [-0.2, -0.15) is 0 Å². The van der Waals surface area contributed by atoms with E-state index in [1.54, 1.807) is 0 Å². The molecule has 1 aliphatic rings. The summed E-state index contributed by atoms with van der Waals surface area (Å²) in [7, 11) is 0. The molecule has 80 valence electrons. The average molecular weight is 309 g/mol. The number of hydrogen-bond donors (Lipinski definition) is 0. The van der Waals surface area contributed by atoms with Gasteiger partial charge in [0.05, 0.1) is 32.3 Å². The normalized spacial score (nSPS) is 51.2. The van der Waals surface area contributed by atoms with Crippen LogP contribution in [-0.4, -0.2) is 37.7 Å². The lowest BCUT2D eigenvalue weighted by atomic mass is 9.97. The van der Waals surface area contributed by atoms with Crippen LogP contribution in [0.15, 0.2) is 0 Å². The molecule has 0 radical (unpaired) electrons. The topological polar surface area (TPSA) is 31.5 Å². The van der Waals surface area contributed by atoms with Crippen molar-refractivity contribution in [2.45, 2.75) is 32.3 Å². The Morgan fingerprint density at radius 3 is 0.538 bits per heavy atom. The molecule has 1 fully saturated rings. The third kappa shape index (κ3) is 2.84. The highest BCUT2D eigenvalue weighted by Gasteiger charge is 2.46. The third-order valence-corrected chi connectivity index (χ3v) is 5.86. The van der Waals surface area contributed by atoms with Gasteiger partial charge in [-0.15, -0.1) is 69.6 Å². The van der Waals surface area contributed by atoms with E-state index in [0.717, 1.165) is 0 Å². The van der Waals surface area contributed by atoms with Gasteiger partial charge >= 0.3 is 0 Å². The molecule has 2 N–H and O–H groups in total. The van der Waals surface area contributed by atoms with Gasteiger partial charge in [-0.1, -0.05) is 0 Å². The maximum Gasteiger partial charge on any atom is 0.0693 e. The van der Waals surface area contributed by atoms with Gasteiger partial charge in [-0.05, 0) is 0 Å². The van der Waals surface area contributed by atoms with E-state index in [0.29, 0.717) is 0 Å². The van der Waals surface area contributed by atoms with Crippen molar-refractivity contribution in [3.05, 3.63) is 0 Å². The van der Waals surface area contributed by atoms with Crippen molar-refractivity contribution < 1.29 is 5.48 Å². The Morgan fingerprint density at radius 2 is 0.462 bits per heavy atom. The van der Waals surface area contributed by atoms with Crippen LogP contribution in [0.3, 0.4) is 0 Å². The molecule has 1 rings (SSSR count). The van der Waals surface area contributed by atoms with Crippen LogP contribution in [0.5, 0.6) is 0 Å². The molecule has 0 atom stereocenters. The summed E-state index contributed by atoms with van der Waals surface area (Å²) in [5, 5.41) is -2.62. The fraction of sp³-hybridized carbons (Fsp3) is 1.00. The van der Waals surface area contributed by atoms with E-state index >= 15 is 0 Å². The second kappa shape index (κ2) is 5.69. The predicted molar refractivity (Wildman–Crippen MR) is 61.5 cm³/mol. The Morgan fingerprint density at radius 1 is 0.385 bits per heavy atom. The molecule has 1 aliphatic carbocycles. The zero-order valence-electron chi connectivity index (χ0n) is 6.23. The number of hydrogen-bond acceptors (Lipinski definition) is 0. The van der Waals surface area contributed by atoms with Crippen LogP contribution in [0.2, 0.25) is 0 Å². The molecule has 0 bridgehead atoms. The molecule has 0 aromatic heterocycles. The Labute approximate surface area is 107 Å². The number of halogens is 6. The van der Waals surface area contributed by atoms with Crippen LogP contribution in [-0.2, 0) is 0 Å². The van der Waals surface area contributed by atoms with Gasteiger partial charge in [-0.25, -0.2) is 0 Å². The Balaban J connectivity index is 0.00000144. The second-order valence-electron chi connectivity index (χ2n) is 2.67. The van der Waals surface area contributed by atoms with Gasteiger partial charge in [0.2, 0.25) is 0 Å². The lowest BCUT2D eigenvalue weighted by Crippen LogP contribution is -2.52. The second-order valence-corrected chi connectivity index (χ2v) is 5.69. The lowest BCUT2D eigenvalue weighted by molar-refractivity contribution is 0.544. The number of rotatable bonds is 0. The van der Waals surface area contributed by atoms with Crippen LogP contribution in [0.25, 0.3) is 0 Å². The number of alkyl halides is 6. The zero-order chi connectivity index (χ0) is 9.46. The molecule has 0 amide bonds.